The minimum absolute atomic E-state index is 0.662. The van der Waals surface area contributed by atoms with Gasteiger partial charge in [-0.1, -0.05) is 29.3 Å². The number of benzene rings is 2. The molecule has 0 spiro atoms. The second-order valence-electron chi connectivity index (χ2n) is 4.09. The molecule has 0 saturated carbocycles. The van der Waals surface area contributed by atoms with E-state index in [1.165, 1.54) is 0 Å². The lowest BCUT2D eigenvalue weighted by Crippen LogP contribution is -2.07. The van der Waals surface area contributed by atoms with Crippen LogP contribution in [0.5, 0.6) is 5.75 Å². The largest absolute Gasteiger partial charge is 0.494 e. The summed E-state index contributed by atoms with van der Waals surface area (Å²) in [7, 11) is 0. The molecule has 0 unspecified atom stereocenters. The van der Waals surface area contributed by atoms with E-state index in [-0.39, 0.29) is 0 Å². The number of rotatable bonds is 6. The lowest BCUT2D eigenvalue weighted by atomic mass is 10.3. The van der Waals surface area contributed by atoms with Crippen molar-refractivity contribution >= 4 is 28.9 Å². The van der Waals surface area contributed by atoms with Gasteiger partial charge < -0.3 is 10.1 Å². The Morgan fingerprint density at radius 2 is 1.74 bits per heavy atom. The second kappa shape index (κ2) is 7.27. The van der Waals surface area contributed by atoms with Crippen molar-refractivity contribution in [3.8, 4) is 5.75 Å². The molecule has 19 heavy (non-hydrogen) atoms. The Bertz CT molecular complexity index is 514. The Balaban J connectivity index is 1.66. The van der Waals surface area contributed by atoms with Gasteiger partial charge in [-0.25, -0.2) is 0 Å². The molecule has 0 heterocycles. The maximum absolute atomic E-state index is 5.90. The third-order valence-corrected chi connectivity index (χ3v) is 3.04. The first kappa shape index (κ1) is 14.0. The summed E-state index contributed by atoms with van der Waals surface area (Å²) in [6, 6.07) is 15.1. The van der Waals surface area contributed by atoms with Crippen LogP contribution in [0.2, 0.25) is 10.0 Å². The highest BCUT2D eigenvalue weighted by molar-refractivity contribution is 6.31. The quantitative estimate of drug-likeness (QED) is 0.767. The molecule has 2 aromatic carbocycles. The highest BCUT2D eigenvalue weighted by atomic mass is 35.5. The van der Waals surface area contributed by atoms with Gasteiger partial charge in [0.2, 0.25) is 0 Å². The molecule has 0 fully saturated rings. The molecule has 0 saturated heterocycles. The minimum atomic E-state index is 0.662. The standard InChI is InChI=1S/C15H15Cl2NO/c16-12-5-7-15(8-6-12)19-10-2-9-18-14-4-1-3-13(17)11-14/h1,3-8,11,18H,2,9-10H2. The molecule has 2 nitrogen and oxygen atoms in total. The molecule has 0 bridgehead atoms. The Kier molecular flexibility index (Phi) is 5.37. The van der Waals surface area contributed by atoms with E-state index in [0.717, 1.165) is 34.4 Å². The van der Waals surface area contributed by atoms with Crippen LogP contribution < -0.4 is 10.1 Å². The monoisotopic (exact) mass is 295 g/mol. The van der Waals surface area contributed by atoms with Crippen molar-refractivity contribution in [2.45, 2.75) is 6.42 Å². The summed E-state index contributed by atoms with van der Waals surface area (Å²) in [6.07, 6.45) is 0.912. The summed E-state index contributed by atoms with van der Waals surface area (Å²) >= 11 is 11.7. The van der Waals surface area contributed by atoms with Gasteiger partial charge in [0.1, 0.15) is 5.75 Å². The first-order valence-corrected chi connectivity index (χ1v) is 6.87. The predicted molar refractivity (Wildman–Crippen MR) is 81.5 cm³/mol. The van der Waals surface area contributed by atoms with Crippen LogP contribution in [0.1, 0.15) is 6.42 Å². The van der Waals surface area contributed by atoms with E-state index in [9.17, 15) is 0 Å². The zero-order valence-electron chi connectivity index (χ0n) is 10.4. The molecule has 2 aromatic rings. The molecule has 4 heteroatoms. The molecular weight excluding hydrogens is 281 g/mol. The molecule has 2 rings (SSSR count). The van der Waals surface area contributed by atoms with Crippen LogP contribution in [0.3, 0.4) is 0 Å². The van der Waals surface area contributed by atoms with Crippen molar-refractivity contribution in [3.63, 3.8) is 0 Å². The summed E-state index contributed by atoms with van der Waals surface area (Å²) in [5.41, 5.74) is 1.03. The number of anilines is 1. The number of hydrogen-bond donors (Lipinski definition) is 1. The van der Waals surface area contributed by atoms with Crippen molar-refractivity contribution in [2.75, 3.05) is 18.5 Å². The summed E-state index contributed by atoms with van der Waals surface area (Å²) in [5, 5.41) is 4.75. The van der Waals surface area contributed by atoms with Crippen LogP contribution >= 0.6 is 23.2 Å². The molecule has 0 aliphatic carbocycles. The van der Waals surface area contributed by atoms with Crippen molar-refractivity contribution in [3.05, 3.63) is 58.6 Å². The summed E-state index contributed by atoms with van der Waals surface area (Å²) in [5.74, 6) is 0.840. The molecule has 100 valence electrons. The van der Waals surface area contributed by atoms with Gasteiger partial charge in [0.15, 0.2) is 0 Å². The number of hydrogen-bond acceptors (Lipinski definition) is 2. The molecular formula is C15H15Cl2NO. The van der Waals surface area contributed by atoms with E-state index in [1.54, 1.807) is 0 Å². The first-order valence-electron chi connectivity index (χ1n) is 6.12. The van der Waals surface area contributed by atoms with Gasteiger partial charge in [-0.05, 0) is 48.9 Å². The van der Waals surface area contributed by atoms with Gasteiger partial charge in [0, 0.05) is 22.3 Å². The molecule has 0 radical (unpaired) electrons. The highest BCUT2D eigenvalue weighted by Crippen LogP contribution is 2.16. The zero-order chi connectivity index (χ0) is 13.5. The third-order valence-electron chi connectivity index (χ3n) is 2.56. The van der Waals surface area contributed by atoms with Gasteiger partial charge in [-0.2, -0.15) is 0 Å². The molecule has 1 N–H and O–H groups in total. The van der Waals surface area contributed by atoms with E-state index >= 15 is 0 Å². The fraction of sp³-hybridized carbons (Fsp3) is 0.200. The van der Waals surface area contributed by atoms with E-state index in [4.69, 9.17) is 27.9 Å². The summed E-state index contributed by atoms with van der Waals surface area (Å²) in [4.78, 5) is 0. The second-order valence-corrected chi connectivity index (χ2v) is 4.97. The summed E-state index contributed by atoms with van der Waals surface area (Å²) < 4.78 is 5.60. The smallest absolute Gasteiger partial charge is 0.119 e. The maximum atomic E-state index is 5.90. The Morgan fingerprint density at radius 1 is 0.947 bits per heavy atom. The highest BCUT2D eigenvalue weighted by Gasteiger charge is 1.95. The van der Waals surface area contributed by atoms with Gasteiger partial charge in [0.05, 0.1) is 6.61 Å². The predicted octanol–water partition coefficient (Wildman–Crippen LogP) is 4.87. The van der Waals surface area contributed by atoms with E-state index in [1.807, 2.05) is 48.5 Å². The minimum Gasteiger partial charge on any atom is -0.494 e. The first-order chi connectivity index (χ1) is 9.24. The van der Waals surface area contributed by atoms with Crippen molar-refractivity contribution in [1.82, 2.24) is 0 Å². The summed E-state index contributed by atoms with van der Waals surface area (Å²) in [6.45, 7) is 1.50. The van der Waals surface area contributed by atoms with Crippen LogP contribution in [0.15, 0.2) is 48.5 Å². The molecule has 0 aromatic heterocycles. The normalized spacial score (nSPS) is 10.2. The average Bonchev–Trinajstić information content (AvgIpc) is 2.41. The van der Waals surface area contributed by atoms with E-state index in [2.05, 4.69) is 5.32 Å². The maximum Gasteiger partial charge on any atom is 0.119 e. The fourth-order valence-electron chi connectivity index (χ4n) is 1.62. The average molecular weight is 296 g/mol. The Morgan fingerprint density at radius 3 is 2.47 bits per heavy atom. The lowest BCUT2D eigenvalue weighted by Gasteiger charge is -2.08. The third kappa shape index (κ3) is 5.01. The Labute approximate surface area is 123 Å². The van der Waals surface area contributed by atoms with Crippen LogP contribution in [0.4, 0.5) is 5.69 Å². The van der Waals surface area contributed by atoms with Crippen LogP contribution in [-0.2, 0) is 0 Å². The van der Waals surface area contributed by atoms with Crippen molar-refractivity contribution in [2.24, 2.45) is 0 Å². The van der Waals surface area contributed by atoms with Gasteiger partial charge >= 0.3 is 0 Å². The molecule has 0 amide bonds. The van der Waals surface area contributed by atoms with Crippen molar-refractivity contribution in [1.29, 1.82) is 0 Å². The number of ether oxygens (including phenoxy) is 1. The van der Waals surface area contributed by atoms with Gasteiger partial charge in [-0.3, -0.25) is 0 Å². The lowest BCUT2D eigenvalue weighted by molar-refractivity contribution is 0.315. The van der Waals surface area contributed by atoms with E-state index in [0.29, 0.717) is 6.61 Å². The van der Waals surface area contributed by atoms with E-state index < -0.39 is 0 Å². The van der Waals surface area contributed by atoms with Gasteiger partial charge in [-0.15, -0.1) is 0 Å². The molecule has 0 aliphatic rings. The number of halogens is 2. The SMILES string of the molecule is Clc1ccc(OCCCNc2cccc(Cl)c2)cc1. The Hall–Kier alpha value is -1.38. The molecule has 0 atom stereocenters. The van der Waals surface area contributed by atoms with Crippen LogP contribution in [0, 0.1) is 0 Å². The van der Waals surface area contributed by atoms with Gasteiger partial charge in [0.25, 0.3) is 0 Å². The van der Waals surface area contributed by atoms with Crippen LogP contribution in [0.25, 0.3) is 0 Å². The fourth-order valence-corrected chi connectivity index (χ4v) is 1.94. The van der Waals surface area contributed by atoms with Crippen molar-refractivity contribution < 1.29 is 4.74 Å². The zero-order valence-corrected chi connectivity index (χ0v) is 11.9. The van der Waals surface area contributed by atoms with Crippen LogP contribution in [-0.4, -0.2) is 13.2 Å². The number of nitrogens with one attached hydrogen (secondary N) is 1. The molecule has 0 aliphatic heterocycles. The topological polar surface area (TPSA) is 21.3 Å².